The Labute approximate surface area is 382 Å². The van der Waals surface area contributed by atoms with Crippen LogP contribution in [0.25, 0.3) is 0 Å². The predicted octanol–water partition coefficient (Wildman–Crippen LogP) is 7.28. The maximum Gasteiger partial charge on any atom is 0.481 e. The van der Waals surface area contributed by atoms with Crippen LogP contribution < -0.4 is 11.4 Å². The molecule has 2 aliphatic rings. The lowest BCUT2D eigenvalue weighted by Crippen LogP contribution is -2.36. The number of unbranched alkanes of at least 4 members (excludes halogenated alkanes) is 9. The van der Waals surface area contributed by atoms with Gasteiger partial charge in [-0.25, -0.2) is 13.9 Å². The van der Waals surface area contributed by atoms with E-state index in [-0.39, 0.29) is 30.9 Å². The Morgan fingerprint density at radius 1 is 0.800 bits per heavy atom. The van der Waals surface area contributed by atoms with Crippen molar-refractivity contribution >= 4 is 33.4 Å². The van der Waals surface area contributed by atoms with Crippen molar-refractivity contribution in [1.82, 2.24) is 9.55 Å². The summed E-state index contributed by atoms with van der Waals surface area (Å²) >= 11 is 0. The molecule has 9 atom stereocenters. The number of phosphoric acid groups is 2. The molecule has 0 aromatic carbocycles. The number of carbonyl (C=O) groups is 2. The Morgan fingerprint density at radius 3 is 2.14 bits per heavy atom. The first-order chi connectivity index (χ1) is 31.0. The van der Waals surface area contributed by atoms with E-state index in [1.807, 2.05) is 12.2 Å². The Morgan fingerprint density at radius 2 is 1.43 bits per heavy atom. The van der Waals surface area contributed by atoms with Gasteiger partial charge in [0.15, 0.2) is 12.3 Å². The smallest absolute Gasteiger partial charge is 0.462 e. The van der Waals surface area contributed by atoms with Gasteiger partial charge in [-0.15, -0.1) is 0 Å². The summed E-state index contributed by atoms with van der Waals surface area (Å²) in [5.41, 5.74) is 4.57. The number of epoxide rings is 1. The lowest BCUT2D eigenvalue weighted by Gasteiger charge is -2.21. The molecule has 21 heteroatoms. The van der Waals surface area contributed by atoms with Gasteiger partial charge in [0, 0.05) is 19.0 Å². The molecule has 6 N–H and O–H groups in total. The minimum absolute atomic E-state index is 0.0318. The minimum atomic E-state index is -5.43. The standard InChI is InChI=1S/C44H73N3O16P2/c1-4-5-6-7-8-9-10-14-19-24-35-36(61-35)25-20-16-17-21-26-39(48)57-30-34(60-40(49)27-22-15-12-11-13-18-23-33(2)3)31-58-64(53,54)63-65(55,56)59-32-37-41(50)42(51)43(62-37)47-29-28-38(45)46-44(47)52/h8-9,14,16,19-20,28-29,33-37,41-43,50-51H,4-7,10-13,15,17-18,21-27,30-32H2,1-3H3,(H,53,54)(H,55,56)(H2,45,46,52)/b9-8-,19-14-,20-16-/t34-,35?,36?,37-,41-,42-,43-/m1/s1. The maximum absolute atomic E-state index is 12.8. The number of esters is 2. The van der Waals surface area contributed by atoms with Crippen molar-refractivity contribution < 1.29 is 71.0 Å². The SMILES string of the molecule is CCCCC/C=C\C/C=C\CC1OC1C/C=C\CCCC(=O)OC[C@H](COP(=O)(O)OP(=O)(O)OC[C@H]1O[C@@H](n2ccc(N)nc2=O)[C@H](O)[C@@H]1O)OC(=O)CCCCCCCCC(C)C. The topological polar surface area (TPSA) is 278 Å². The quantitative estimate of drug-likeness (QED) is 0.0147. The van der Waals surface area contributed by atoms with E-state index in [4.69, 9.17) is 33.7 Å². The number of ether oxygens (including phenoxy) is 4. The summed E-state index contributed by atoms with van der Waals surface area (Å²) in [7, 11) is -10.9. The Bertz CT molecular complexity index is 1810. The number of phosphoric ester groups is 2. The van der Waals surface area contributed by atoms with E-state index in [1.165, 1.54) is 31.7 Å². The maximum atomic E-state index is 12.8. The molecule has 0 aliphatic carbocycles. The number of anilines is 1. The van der Waals surface area contributed by atoms with Gasteiger partial charge >= 0.3 is 33.3 Å². The number of aliphatic hydroxyl groups excluding tert-OH is 2. The largest absolute Gasteiger partial charge is 0.481 e. The number of carbonyl (C=O) groups excluding carboxylic acids is 2. The molecular formula is C44H73N3O16P2. The number of hydrogen-bond donors (Lipinski definition) is 5. The van der Waals surface area contributed by atoms with Crippen molar-refractivity contribution in [2.24, 2.45) is 5.92 Å². The zero-order chi connectivity index (χ0) is 47.7. The third-order valence-electron chi connectivity index (χ3n) is 10.6. The fourth-order valence-electron chi connectivity index (χ4n) is 6.82. The molecule has 4 unspecified atom stereocenters. The number of allylic oxidation sites excluding steroid dienone is 4. The molecule has 0 saturated carbocycles. The van der Waals surface area contributed by atoms with Crippen LogP contribution in [0, 0.1) is 5.92 Å². The highest BCUT2D eigenvalue weighted by molar-refractivity contribution is 7.61. The predicted molar refractivity (Wildman–Crippen MR) is 242 cm³/mol. The molecule has 0 bridgehead atoms. The van der Waals surface area contributed by atoms with Gasteiger partial charge in [0.25, 0.3) is 0 Å². The summed E-state index contributed by atoms with van der Waals surface area (Å²) < 4.78 is 62.2. The van der Waals surface area contributed by atoms with Crippen molar-refractivity contribution in [3.63, 3.8) is 0 Å². The zero-order valence-corrected chi connectivity index (χ0v) is 39.9. The van der Waals surface area contributed by atoms with Crippen LogP contribution in [-0.2, 0) is 51.0 Å². The lowest BCUT2D eigenvalue weighted by atomic mass is 10.0. The summed E-state index contributed by atoms with van der Waals surface area (Å²) in [6.07, 6.45) is 21.8. The van der Waals surface area contributed by atoms with E-state index in [2.05, 4.69) is 54.4 Å². The van der Waals surface area contributed by atoms with Crippen molar-refractivity contribution in [2.45, 2.75) is 179 Å². The summed E-state index contributed by atoms with van der Waals surface area (Å²) in [5.74, 6) is -0.728. The number of nitrogens with zero attached hydrogens (tertiary/aromatic N) is 2. The van der Waals surface area contributed by atoms with Gasteiger partial charge in [0.05, 0.1) is 25.4 Å². The van der Waals surface area contributed by atoms with Gasteiger partial charge in [-0.1, -0.05) is 109 Å². The monoisotopic (exact) mass is 961 g/mol. The third kappa shape index (κ3) is 24.0. The van der Waals surface area contributed by atoms with E-state index in [0.29, 0.717) is 25.2 Å². The molecule has 2 aliphatic heterocycles. The summed E-state index contributed by atoms with van der Waals surface area (Å²) in [5, 5.41) is 20.9. The van der Waals surface area contributed by atoms with E-state index in [1.54, 1.807) is 0 Å². The van der Waals surface area contributed by atoms with E-state index in [9.17, 15) is 43.5 Å². The van der Waals surface area contributed by atoms with Crippen LogP contribution in [0.4, 0.5) is 5.82 Å². The molecule has 3 heterocycles. The Balaban J connectivity index is 1.43. The number of rotatable bonds is 35. The van der Waals surface area contributed by atoms with Gasteiger partial charge in [-0.3, -0.25) is 23.2 Å². The Hall–Kier alpha value is -3.06. The number of aromatic nitrogens is 2. The van der Waals surface area contributed by atoms with Crippen LogP contribution in [0.2, 0.25) is 0 Å². The molecular weight excluding hydrogens is 888 g/mol. The van der Waals surface area contributed by atoms with Gasteiger partial charge in [-0.2, -0.15) is 9.29 Å². The van der Waals surface area contributed by atoms with Gasteiger partial charge < -0.3 is 44.7 Å². The van der Waals surface area contributed by atoms with Gasteiger partial charge in [-0.05, 0) is 63.4 Å². The number of hydrogen-bond acceptors (Lipinski definition) is 16. The molecule has 0 radical (unpaired) electrons. The summed E-state index contributed by atoms with van der Waals surface area (Å²) in [4.78, 5) is 61.6. The lowest BCUT2D eigenvalue weighted by molar-refractivity contribution is -0.161. The van der Waals surface area contributed by atoms with E-state index in [0.717, 1.165) is 68.6 Å². The van der Waals surface area contributed by atoms with Crippen molar-refractivity contribution in [3.05, 3.63) is 59.2 Å². The molecule has 19 nitrogen and oxygen atoms in total. The minimum Gasteiger partial charge on any atom is -0.462 e. The normalized spacial score (nSPS) is 23.3. The fourth-order valence-corrected chi connectivity index (χ4v) is 8.93. The van der Waals surface area contributed by atoms with Crippen molar-refractivity contribution in [1.29, 1.82) is 0 Å². The van der Waals surface area contributed by atoms with E-state index >= 15 is 0 Å². The molecule has 370 valence electrons. The highest BCUT2D eigenvalue weighted by Crippen LogP contribution is 2.60. The zero-order valence-electron chi connectivity index (χ0n) is 38.1. The highest BCUT2D eigenvalue weighted by atomic mass is 31.3. The third-order valence-corrected chi connectivity index (χ3v) is 13.2. The van der Waals surface area contributed by atoms with Crippen molar-refractivity contribution in [2.75, 3.05) is 25.6 Å². The first-order valence-corrected chi connectivity index (χ1v) is 26.0. The second kappa shape index (κ2) is 30.3. The first kappa shape index (κ1) is 56.3. The Kier molecular flexibility index (Phi) is 26.3. The second-order valence-corrected chi connectivity index (χ2v) is 19.8. The molecule has 1 aromatic heterocycles. The second-order valence-electron chi connectivity index (χ2n) is 16.8. The molecule has 2 fully saturated rings. The van der Waals surface area contributed by atoms with Crippen LogP contribution in [0.1, 0.15) is 143 Å². The molecule has 0 spiro atoms. The van der Waals surface area contributed by atoms with Gasteiger partial charge in [0.1, 0.15) is 30.7 Å². The molecule has 2 saturated heterocycles. The molecule has 3 rings (SSSR count). The first-order valence-electron chi connectivity index (χ1n) is 23.0. The highest BCUT2D eigenvalue weighted by Gasteiger charge is 2.46. The number of nitrogen functional groups attached to an aromatic ring is 1. The summed E-state index contributed by atoms with van der Waals surface area (Å²) in [6.45, 7) is 4.21. The van der Waals surface area contributed by atoms with E-state index < -0.39 is 83.7 Å². The van der Waals surface area contributed by atoms with Crippen LogP contribution in [0.5, 0.6) is 0 Å². The average Bonchev–Trinajstić information content (AvgIpc) is 3.93. The van der Waals surface area contributed by atoms with Gasteiger partial charge in [0.2, 0.25) is 0 Å². The van der Waals surface area contributed by atoms with Crippen LogP contribution in [0.15, 0.2) is 53.5 Å². The van der Waals surface area contributed by atoms with Crippen LogP contribution in [0.3, 0.4) is 0 Å². The van der Waals surface area contributed by atoms with Crippen molar-refractivity contribution in [3.8, 4) is 0 Å². The average molecular weight is 962 g/mol. The number of nitrogens with two attached hydrogens (primary N) is 1. The molecule has 65 heavy (non-hydrogen) atoms. The molecule has 1 aromatic rings. The summed E-state index contributed by atoms with van der Waals surface area (Å²) in [6, 6.07) is 1.24. The van der Waals surface area contributed by atoms with Crippen LogP contribution in [-0.4, -0.2) is 97.9 Å². The molecule has 0 amide bonds. The fraction of sp³-hybridized carbons (Fsp3) is 0.727. The van der Waals surface area contributed by atoms with Crippen LogP contribution >= 0.6 is 15.6 Å². The number of aliphatic hydroxyl groups is 2.